The van der Waals surface area contributed by atoms with Crippen LogP contribution in [0.15, 0.2) is 53.1 Å². The standard InChI is InChI=1S/C21H23ClN4O/c1-16-6-2-3-7-17(16)14-25-10-12-26(13-11-25)15-20-23-21(24-27-20)18-8-4-5-9-19(18)22/h2-9H,10-15H2,1H3. The van der Waals surface area contributed by atoms with Gasteiger partial charge in [-0.2, -0.15) is 4.98 Å². The van der Waals surface area contributed by atoms with Gasteiger partial charge in [-0.3, -0.25) is 9.80 Å². The van der Waals surface area contributed by atoms with E-state index in [4.69, 9.17) is 16.1 Å². The van der Waals surface area contributed by atoms with Gasteiger partial charge in [0, 0.05) is 38.3 Å². The van der Waals surface area contributed by atoms with Gasteiger partial charge in [0.05, 0.1) is 11.6 Å². The molecule has 1 saturated heterocycles. The molecular weight excluding hydrogens is 360 g/mol. The first kappa shape index (κ1) is 18.2. The second-order valence-electron chi connectivity index (χ2n) is 6.97. The van der Waals surface area contributed by atoms with Crippen molar-refractivity contribution in [1.82, 2.24) is 19.9 Å². The summed E-state index contributed by atoms with van der Waals surface area (Å²) in [4.78, 5) is 9.38. The topological polar surface area (TPSA) is 45.4 Å². The third-order valence-corrected chi connectivity index (χ3v) is 5.39. The van der Waals surface area contributed by atoms with Crippen LogP contribution in [0.2, 0.25) is 5.02 Å². The molecule has 5 nitrogen and oxygen atoms in total. The summed E-state index contributed by atoms with van der Waals surface area (Å²) in [6.07, 6.45) is 0. The molecule has 0 atom stereocenters. The van der Waals surface area contributed by atoms with Gasteiger partial charge in [-0.25, -0.2) is 0 Å². The fourth-order valence-corrected chi connectivity index (χ4v) is 3.62. The van der Waals surface area contributed by atoms with Crippen molar-refractivity contribution in [2.45, 2.75) is 20.0 Å². The van der Waals surface area contributed by atoms with E-state index in [1.54, 1.807) is 0 Å². The lowest BCUT2D eigenvalue weighted by Gasteiger charge is -2.34. The summed E-state index contributed by atoms with van der Waals surface area (Å²) in [5.41, 5.74) is 3.57. The van der Waals surface area contributed by atoms with Gasteiger partial charge < -0.3 is 4.52 Å². The fourth-order valence-electron chi connectivity index (χ4n) is 3.40. The largest absolute Gasteiger partial charge is 0.338 e. The summed E-state index contributed by atoms with van der Waals surface area (Å²) >= 11 is 6.22. The number of benzene rings is 2. The molecule has 4 rings (SSSR count). The normalized spacial score (nSPS) is 15.9. The zero-order chi connectivity index (χ0) is 18.6. The summed E-state index contributed by atoms with van der Waals surface area (Å²) in [6, 6.07) is 16.2. The Labute approximate surface area is 164 Å². The Balaban J connectivity index is 1.32. The van der Waals surface area contributed by atoms with E-state index in [-0.39, 0.29) is 0 Å². The molecule has 1 aromatic heterocycles. The number of piperazine rings is 1. The van der Waals surface area contributed by atoms with Crippen LogP contribution in [0, 0.1) is 6.92 Å². The number of hydrogen-bond donors (Lipinski definition) is 0. The lowest BCUT2D eigenvalue weighted by molar-refractivity contribution is 0.112. The van der Waals surface area contributed by atoms with Gasteiger partial charge in [0.25, 0.3) is 0 Å². The monoisotopic (exact) mass is 382 g/mol. The Morgan fingerprint density at radius 2 is 1.59 bits per heavy atom. The minimum Gasteiger partial charge on any atom is -0.338 e. The van der Waals surface area contributed by atoms with Gasteiger partial charge in [-0.15, -0.1) is 0 Å². The van der Waals surface area contributed by atoms with Crippen LogP contribution in [-0.2, 0) is 13.1 Å². The van der Waals surface area contributed by atoms with Crippen molar-refractivity contribution in [2.75, 3.05) is 26.2 Å². The van der Waals surface area contributed by atoms with Crippen molar-refractivity contribution >= 4 is 11.6 Å². The first-order valence-electron chi connectivity index (χ1n) is 9.26. The van der Waals surface area contributed by atoms with Crippen LogP contribution in [-0.4, -0.2) is 46.1 Å². The van der Waals surface area contributed by atoms with Crippen molar-refractivity contribution in [2.24, 2.45) is 0 Å². The predicted molar refractivity (Wildman–Crippen MR) is 106 cm³/mol. The van der Waals surface area contributed by atoms with Crippen molar-refractivity contribution in [3.63, 3.8) is 0 Å². The van der Waals surface area contributed by atoms with E-state index in [9.17, 15) is 0 Å². The van der Waals surface area contributed by atoms with E-state index in [1.807, 2.05) is 24.3 Å². The highest BCUT2D eigenvalue weighted by atomic mass is 35.5. The Kier molecular flexibility index (Phi) is 5.53. The summed E-state index contributed by atoms with van der Waals surface area (Å²) in [6.45, 7) is 7.94. The van der Waals surface area contributed by atoms with Crippen LogP contribution >= 0.6 is 11.6 Å². The molecule has 3 aromatic rings. The lowest BCUT2D eigenvalue weighted by atomic mass is 10.1. The molecule has 2 heterocycles. The average Bonchev–Trinajstić information content (AvgIpc) is 3.14. The van der Waals surface area contributed by atoms with Crippen molar-refractivity contribution in [3.05, 3.63) is 70.6 Å². The van der Waals surface area contributed by atoms with Crippen molar-refractivity contribution in [3.8, 4) is 11.4 Å². The van der Waals surface area contributed by atoms with E-state index in [0.29, 0.717) is 23.3 Å². The third-order valence-electron chi connectivity index (χ3n) is 5.06. The first-order valence-corrected chi connectivity index (χ1v) is 9.63. The van der Waals surface area contributed by atoms with Gasteiger partial charge in [-0.1, -0.05) is 53.2 Å². The Hall–Kier alpha value is -2.21. The van der Waals surface area contributed by atoms with E-state index < -0.39 is 0 Å². The summed E-state index contributed by atoms with van der Waals surface area (Å²) in [5, 5.41) is 4.72. The SMILES string of the molecule is Cc1ccccc1CN1CCN(Cc2nc(-c3ccccc3Cl)no2)CC1. The number of hydrogen-bond acceptors (Lipinski definition) is 5. The van der Waals surface area contributed by atoms with Crippen molar-refractivity contribution in [1.29, 1.82) is 0 Å². The maximum Gasteiger partial charge on any atom is 0.241 e. The van der Waals surface area contributed by atoms with E-state index in [0.717, 1.165) is 38.3 Å². The Morgan fingerprint density at radius 3 is 2.33 bits per heavy atom. The number of halogens is 1. The molecule has 1 aliphatic rings. The minimum absolute atomic E-state index is 0.550. The van der Waals surface area contributed by atoms with Crippen LogP contribution in [0.4, 0.5) is 0 Å². The lowest BCUT2D eigenvalue weighted by Crippen LogP contribution is -2.45. The molecule has 0 radical (unpaired) electrons. The average molecular weight is 383 g/mol. The van der Waals surface area contributed by atoms with Gasteiger partial charge in [0.15, 0.2) is 0 Å². The summed E-state index contributed by atoms with van der Waals surface area (Å²) in [5.74, 6) is 1.19. The third kappa shape index (κ3) is 4.38. The minimum atomic E-state index is 0.550. The molecule has 6 heteroatoms. The molecule has 1 fully saturated rings. The van der Waals surface area contributed by atoms with Crippen LogP contribution < -0.4 is 0 Å². The molecule has 0 bridgehead atoms. The van der Waals surface area contributed by atoms with Gasteiger partial charge in [-0.05, 0) is 30.2 Å². The molecule has 0 aliphatic carbocycles. The maximum atomic E-state index is 6.22. The first-order chi connectivity index (χ1) is 13.2. The van der Waals surface area contributed by atoms with Crippen LogP contribution in [0.3, 0.4) is 0 Å². The molecule has 0 amide bonds. The Morgan fingerprint density at radius 1 is 0.926 bits per heavy atom. The second-order valence-corrected chi connectivity index (χ2v) is 7.38. The van der Waals surface area contributed by atoms with Gasteiger partial charge in [0.1, 0.15) is 0 Å². The molecule has 2 aromatic carbocycles. The molecule has 0 N–H and O–H groups in total. The van der Waals surface area contributed by atoms with Crippen LogP contribution in [0.25, 0.3) is 11.4 Å². The number of aryl methyl sites for hydroxylation is 1. The maximum absolute atomic E-state index is 6.22. The number of aromatic nitrogens is 2. The highest BCUT2D eigenvalue weighted by Crippen LogP contribution is 2.25. The number of nitrogens with zero attached hydrogens (tertiary/aromatic N) is 4. The van der Waals surface area contributed by atoms with Gasteiger partial charge in [0.2, 0.25) is 11.7 Å². The van der Waals surface area contributed by atoms with Crippen LogP contribution in [0.1, 0.15) is 17.0 Å². The van der Waals surface area contributed by atoms with E-state index in [2.05, 4.69) is 51.1 Å². The smallest absolute Gasteiger partial charge is 0.241 e. The number of rotatable bonds is 5. The highest BCUT2D eigenvalue weighted by Gasteiger charge is 2.20. The molecule has 0 spiro atoms. The quantitative estimate of drug-likeness (QED) is 0.667. The zero-order valence-corrected chi connectivity index (χ0v) is 16.2. The second kappa shape index (κ2) is 8.21. The van der Waals surface area contributed by atoms with E-state index in [1.165, 1.54) is 11.1 Å². The fraction of sp³-hybridized carbons (Fsp3) is 0.333. The molecule has 1 aliphatic heterocycles. The molecule has 0 unspecified atom stereocenters. The zero-order valence-electron chi connectivity index (χ0n) is 15.4. The van der Waals surface area contributed by atoms with Gasteiger partial charge >= 0.3 is 0 Å². The molecule has 0 saturated carbocycles. The van der Waals surface area contributed by atoms with Crippen LogP contribution in [0.5, 0.6) is 0 Å². The summed E-state index contributed by atoms with van der Waals surface area (Å²) in [7, 11) is 0. The van der Waals surface area contributed by atoms with Crippen molar-refractivity contribution < 1.29 is 4.52 Å². The summed E-state index contributed by atoms with van der Waals surface area (Å²) < 4.78 is 5.44. The Bertz CT molecular complexity index is 902. The predicted octanol–water partition coefficient (Wildman–Crippen LogP) is 4.02. The molecular formula is C21H23ClN4O. The van der Waals surface area contributed by atoms with E-state index >= 15 is 0 Å². The molecule has 140 valence electrons. The molecule has 27 heavy (non-hydrogen) atoms. The highest BCUT2D eigenvalue weighted by molar-refractivity contribution is 6.33.